The molecule has 0 aliphatic carbocycles. The first-order valence-electron chi connectivity index (χ1n) is 12.2. The van der Waals surface area contributed by atoms with E-state index in [-0.39, 0.29) is 12.0 Å². The maximum atomic E-state index is 12.9. The molecule has 1 aromatic heterocycles. The molecular formula is C27H30N4O4S. The van der Waals surface area contributed by atoms with Gasteiger partial charge < -0.3 is 14.4 Å². The van der Waals surface area contributed by atoms with Gasteiger partial charge in [-0.1, -0.05) is 29.5 Å². The molecule has 0 saturated carbocycles. The Morgan fingerprint density at radius 1 is 1.08 bits per heavy atom. The average molecular weight is 507 g/mol. The van der Waals surface area contributed by atoms with Crippen molar-refractivity contribution in [3.8, 4) is 5.75 Å². The van der Waals surface area contributed by atoms with Crippen LogP contribution >= 0.6 is 11.3 Å². The Morgan fingerprint density at radius 2 is 1.94 bits per heavy atom. The molecule has 0 fully saturated rings. The van der Waals surface area contributed by atoms with E-state index in [0.717, 1.165) is 46.9 Å². The zero-order chi connectivity index (χ0) is 25.3. The normalized spacial score (nSPS) is 14.9. The van der Waals surface area contributed by atoms with Crippen LogP contribution in [0.2, 0.25) is 0 Å². The predicted octanol–water partition coefficient (Wildman–Crippen LogP) is 5.00. The molecule has 2 aliphatic heterocycles. The minimum absolute atomic E-state index is 0.221. The van der Waals surface area contributed by atoms with E-state index in [9.17, 15) is 9.59 Å². The van der Waals surface area contributed by atoms with Gasteiger partial charge in [0.25, 0.3) is 5.91 Å². The number of amides is 2. The van der Waals surface area contributed by atoms with Gasteiger partial charge in [-0.05, 0) is 80.5 Å². The zero-order valence-electron chi connectivity index (χ0n) is 20.8. The molecule has 2 amide bonds. The molecule has 9 heteroatoms. The van der Waals surface area contributed by atoms with Gasteiger partial charge in [-0.2, -0.15) is 0 Å². The van der Waals surface area contributed by atoms with Crippen molar-refractivity contribution < 1.29 is 19.1 Å². The quantitative estimate of drug-likeness (QED) is 0.535. The third-order valence-electron chi connectivity index (χ3n) is 6.15. The summed E-state index contributed by atoms with van der Waals surface area (Å²) in [7, 11) is 0. The zero-order valence-corrected chi connectivity index (χ0v) is 21.6. The molecule has 0 radical (unpaired) electrons. The molecule has 0 bridgehead atoms. The molecule has 188 valence electrons. The van der Waals surface area contributed by atoms with Crippen LogP contribution in [-0.4, -0.2) is 45.9 Å². The van der Waals surface area contributed by atoms with E-state index in [2.05, 4.69) is 27.6 Å². The van der Waals surface area contributed by atoms with Gasteiger partial charge in [0.2, 0.25) is 5.13 Å². The monoisotopic (exact) mass is 506 g/mol. The Bertz CT molecular complexity index is 1300. The number of hydrogen-bond donors (Lipinski definition) is 1. The Morgan fingerprint density at radius 3 is 2.78 bits per heavy atom. The Labute approximate surface area is 214 Å². The maximum Gasteiger partial charge on any atom is 0.410 e. The molecular weight excluding hydrogens is 476 g/mol. The van der Waals surface area contributed by atoms with Crippen LogP contribution in [0.5, 0.6) is 5.75 Å². The van der Waals surface area contributed by atoms with E-state index in [1.54, 1.807) is 11.0 Å². The molecule has 8 nitrogen and oxygen atoms in total. The second kappa shape index (κ2) is 9.89. The van der Waals surface area contributed by atoms with Crippen LogP contribution in [0, 0.1) is 0 Å². The van der Waals surface area contributed by atoms with Crippen LogP contribution in [0.1, 0.15) is 64.8 Å². The number of anilines is 1. The Hall–Kier alpha value is -3.46. The molecule has 0 saturated heterocycles. The number of fused-ring (bicyclic) bond motifs is 2. The minimum Gasteiger partial charge on any atom is -0.493 e. The van der Waals surface area contributed by atoms with E-state index >= 15 is 0 Å². The highest BCUT2D eigenvalue weighted by atomic mass is 32.1. The van der Waals surface area contributed by atoms with Crippen LogP contribution in [0.4, 0.5) is 9.93 Å². The number of rotatable bonds is 4. The van der Waals surface area contributed by atoms with E-state index in [0.29, 0.717) is 36.6 Å². The summed E-state index contributed by atoms with van der Waals surface area (Å²) in [5, 5.41) is 12.6. The summed E-state index contributed by atoms with van der Waals surface area (Å²) in [4.78, 5) is 27.0. The Kier molecular flexibility index (Phi) is 6.66. The molecule has 3 aromatic rings. The molecule has 0 atom stereocenters. The fourth-order valence-corrected chi connectivity index (χ4v) is 5.19. The molecule has 2 aliphatic rings. The van der Waals surface area contributed by atoms with Crippen LogP contribution in [0.25, 0.3) is 0 Å². The molecule has 5 rings (SSSR count). The standard InChI is InChI=1S/C27H30N4O4S/c1-27(2,3)35-26(33)31-11-10-18-15-20(7-8-21(18)16-31)24(32)28-25-30-29-23(36-25)14-17-6-9-22-19(13-17)5-4-12-34-22/h6-9,13,15H,4-5,10-12,14,16H2,1-3H3,(H,28,30,32). The van der Waals surface area contributed by atoms with Crippen LogP contribution < -0.4 is 10.1 Å². The van der Waals surface area contributed by atoms with E-state index in [1.807, 2.05) is 39.0 Å². The third kappa shape index (κ3) is 5.67. The highest BCUT2D eigenvalue weighted by Crippen LogP contribution is 2.28. The summed E-state index contributed by atoms with van der Waals surface area (Å²) in [5.74, 6) is 0.749. The molecule has 3 heterocycles. The van der Waals surface area contributed by atoms with Gasteiger partial charge in [0.15, 0.2) is 0 Å². The molecule has 0 unspecified atom stereocenters. The lowest BCUT2D eigenvalue weighted by Gasteiger charge is -2.31. The SMILES string of the molecule is CC(C)(C)OC(=O)N1CCc2cc(C(=O)Nc3nnc(Cc4ccc5c(c4)CCCO5)s3)ccc2C1. The number of carbonyl (C=O) groups is 2. The number of aryl methyl sites for hydroxylation is 1. The second-order valence-corrected chi connectivity index (χ2v) is 11.2. The number of nitrogens with zero attached hydrogens (tertiary/aromatic N) is 3. The first kappa shape index (κ1) is 24.2. The molecule has 36 heavy (non-hydrogen) atoms. The second-order valence-electron chi connectivity index (χ2n) is 10.2. The molecule has 2 aromatic carbocycles. The lowest BCUT2D eigenvalue weighted by Crippen LogP contribution is -2.39. The molecule has 1 N–H and O–H groups in total. The van der Waals surface area contributed by atoms with Crippen molar-refractivity contribution in [3.63, 3.8) is 0 Å². The minimum atomic E-state index is -0.528. The van der Waals surface area contributed by atoms with Gasteiger partial charge in [0.1, 0.15) is 16.4 Å². The van der Waals surface area contributed by atoms with E-state index in [1.165, 1.54) is 16.9 Å². The number of nitrogens with one attached hydrogen (secondary N) is 1. The van der Waals surface area contributed by atoms with Gasteiger partial charge in [-0.3, -0.25) is 10.1 Å². The van der Waals surface area contributed by atoms with Crippen molar-refractivity contribution in [2.45, 2.75) is 58.6 Å². The van der Waals surface area contributed by atoms with Crippen molar-refractivity contribution in [2.24, 2.45) is 0 Å². The Balaban J connectivity index is 1.20. The van der Waals surface area contributed by atoms with E-state index in [4.69, 9.17) is 9.47 Å². The van der Waals surface area contributed by atoms with E-state index < -0.39 is 5.60 Å². The third-order valence-corrected chi connectivity index (χ3v) is 6.99. The van der Waals surface area contributed by atoms with Gasteiger partial charge in [0.05, 0.1) is 6.61 Å². The smallest absolute Gasteiger partial charge is 0.410 e. The first-order chi connectivity index (χ1) is 17.2. The summed E-state index contributed by atoms with van der Waals surface area (Å²) >= 11 is 1.38. The van der Waals surface area contributed by atoms with Crippen molar-refractivity contribution >= 4 is 28.5 Å². The number of hydrogen-bond acceptors (Lipinski definition) is 7. The number of ether oxygens (including phenoxy) is 2. The van der Waals surface area contributed by atoms with Gasteiger partial charge in [0, 0.05) is 25.1 Å². The summed E-state index contributed by atoms with van der Waals surface area (Å²) in [5.41, 5.74) is 4.51. The molecule has 0 spiro atoms. The largest absolute Gasteiger partial charge is 0.493 e. The van der Waals surface area contributed by atoms with Crippen LogP contribution in [0.3, 0.4) is 0 Å². The average Bonchev–Trinajstić information content (AvgIpc) is 3.28. The number of carbonyl (C=O) groups excluding carboxylic acids is 2. The predicted molar refractivity (Wildman–Crippen MR) is 138 cm³/mol. The van der Waals surface area contributed by atoms with Crippen molar-refractivity contribution in [1.29, 1.82) is 0 Å². The topological polar surface area (TPSA) is 93.7 Å². The maximum absolute atomic E-state index is 12.9. The highest BCUT2D eigenvalue weighted by Gasteiger charge is 2.26. The summed E-state index contributed by atoms with van der Waals surface area (Å²) in [6.45, 7) is 7.39. The first-order valence-corrected chi connectivity index (χ1v) is 13.0. The highest BCUT2D eigenvalue weighted by molar-refractivity contribution is 7.15. The number of aromatic nitrogens is 2. The van der Waals surface area contributed by atoms with Gasteiger partial charge in [-0.15, -0.1) is 10.2 Å². The fraction of sp³-hybridized carbons (Fsp3) is 0.407. The van der Waals surface area contributed by atoms with Crippen LogP contribution in [0.15, 0.2) is 36.4 Å². The summed E-state index contributed by atoms with van der Waals surface area (Å²) in [6.07, 6.45) is 3.08. The fourth-order valence-electron chi connectivity index (χ4n) is 4.42. The van der Waals surface area contributed by atoms with Gasteiger partial charge >= 0.3 is 6.09 Å². The lowest BCUT2D eigenvalue weighted by molar-refractivity contribution is 0.0224. The van der Waals surface area contributed by atoms with Crippen molar-refractivity contribution in [3.05, 3.63) is 69.2 Å². The lowest BCUT2D eigenvalue weighted by atomic mass is 9.97. The van der Waals surface area contributed by atoms with Crippen molar-refractivity contribution in [2.75, 3.05) is 18.5 Å². The van der Waals surface area contributed by atoms with Crippen molar-refractivity contribution in [1.82, 2.24) is 15.1 Å². The van der Waals surface area contributed by atoms with Crippen LogP contribution in [-0.2, 0) is 30.5 Å². The summed E-state index contributed by atoms with van der Waals surface area (Å²) < 4.78 is 11.2. The van der Waals surface area contributed by atoms with Gasteiger partial charge in [-0.25, -0.2) is 4.79 Å². The number of benzene rings is 2. The summed E-state index contributed by atoms with van der Waals surface area (Å²) in [6, 6.07) is 11.8.